The van der Waals surface area contributed by atoms with Gasteiger partial charge in [0, 0.05) is 12.7 Å². The van der Waals surface area contributed by atoms with Crippen LogP contribution in [0.4, 0.5) is 0 Å². The van der Waals surface area contributed by atoms with Crippen LogP contribution < -0.4 is 0 Å². The molecule has 0 aliphatic heterocycles. The fourth-order valence-electron chi connectivity index (χ4n) is 2.47. The molecule has 0 amide bonds. The Balaban J connectivity index is 2.37. The quantitative estimate of drug-likeness (QED) is 0.696. The van der Waals surface area contributed by atoms with Gasteiger partial charge in [0.05, 0.1) is 0 Å². The molecule has 1 aromatic carbocycles. The Hall–Kier alpha value is -2.42. The number of nitriles is 1. The van der Waals surface area contributed by atoms with Crippen molar-refractivity contribution in [3.05, 3.63) is 52.4 Å². The van der Waals surface area contributed by atoms with E-state index in [1.54, 1.807) is 7.11 Å². The van der Waals surface area contributed by atoms with Gasteiger partial charge in [0.2, 0.25) is 0 Å². The maximum absolute atomic E-state index is 9.51. The van der Waals surface area contributed by atoms with Crippen molar-refractivity contribution in [1.82, 2.24) is 14.6 Å². The zero-order valence-corrected chi connectivity index (χ0v) is 12.9. The van der Waals surface area contributed by atoms with Crippen molar-refractivity contribution in [2.45, 2.75) is 13.5 Å². The van der Waals surface area contributed by atoms with Crippen LogP contribution in [-0.2, 0) is 11.3 Å². The van der Waals surface area contributed by atoms with Crippen molar-refractivity contribution in [1.29, 1.82) is 5.26 Å². The van der Waals surface area contributed by atoms with Crippen LogP contribution in [0, 0.1) is 18.3 Å². The summed E-state index contributed by atoms with van der Waals surface area (Å²) in [5.41, 5.74) is 3.45. The second kappa shape index (κ2) is 5.76. The van der Waals surface area contributed by atoms with Crippen LogP contribution in [0.2, 0.25) is 5.15 Å². The minimum absolute atomic E-state index is 0.266. The molecule has 0 spiro atoms. The van der Waals surface area contributed by atoms with E-state index in [1.165, 1.54) is 4.52 Å². The van der Waals surface area contributed by atoms with Crippen LogP contribution in [0.15, 0.2) is 30.3 Å². The summed E-state index contributed by atoms with van der Waals surface area (Å²) in [5, 5.41) is 14.3. The highest BCUT2D eigenvalue weighted by atomic mass is 35.5. The summed E-state index contributed by atoms with van der Waals surface area (Å²) in [7, 11) is 1.57. The fourth-order valence-corrected chi connectivity index (χ4v) is 2.84. The largest absolute Gasteiger partial charge is 0.377 e. The molecule has 3 rings (SSSR count). The molecule has 0 N–H and O–H groups in total. The lowest BCUT2D eigenvalue weighted by molar-refractivity contribution is 0.178. The number of methoxy groups -OCH3 is 1. The molecule has 2 heterocycles. The first-order valence-electron chi connectivity index (χ1n) is 6.69. The predicted molar refractivity (Wildman–Crippen MR) is 83.6 cm³/mol. The number of halogens is 1. The summed E-state index contributed by atoms with van der Waals surface area (Å²) >= 11 is 6.53. The zero-order chi connectivity index (χ0) is 15.7. The second-order valence-corrected chi connectivity index (χ2v) is 5.20. The van der Waals surface area contributed by atoms with Gasteiger partial charge in [0.25, 0.3) is 0 Å². The summed E-state index contributed by atoms with van der Waals surface area (Å²) < 4.78 is 6.56. The van der Waals surface area contributed by atoms with Crippen molar-refractivity contribution in [2.24, 2.45) is 0 Å². The van der Waals surface area contributed by atoms with E-state index in [2.05, 4.69) is 16.2 Å². The molecule has 0 radical (unpaired) electrons. The first-order chi connectivity index (χ1) is 10.7. The molecule has 0 fully saturated rings. The predicted octanol–water partition coefficient (Wildman–Crippen LogP) is 3.38. The topological polar surface area (TPSA) is 63.2 Å². The molecule has 0 bridgehead atoms. The summed E-state index contributed by atoms with van der Waals surface area (Å²) in [5.74, 6) is 0.491. The molecule has 3 aromatic rings. The van der Waals surface area contributed by atoms with Crippen molar-refractivity contribution < 1.29 is 4.74 Å². The maximum atomic E-state index is 9.51. The Morgan fingerprint density at radius 3 is 2.68 bits per heavy atom. The number of fused-ring (bicyclic) bond motifs is 1. The standard InChI is InChI=1S/C16H13ClN4O/c1-10-12(8-18)16-19-13(9-22-2)20-21(16)15(17)14(10)11-6-4-3-5-7-11/h3-7H,9H2,1-2H3. The third-order valence-electron chi connectivity index (χ3n) is 3.46. The number of benzene rings is 1. The van der Waals surface area contributed by atoms with Crippen LogP contribution in [0.25, 0.3) is 16.8 Å². The Bertz CT molecular complexity index is 881. The molecular formula is C16H13ClN4O. The maximum Gasteiger partial charge on any atom is 0.177 e. The van der Waals surface area contributed by atoms with Crippen molar-refractivity contribution in [3.8, 4) is 17.2 Å². The van der Waals surface area contributed by atoms with Gasteiger partial charge in [0.1, 0.15) is 23.4 Å². The van der Waals surface area contributed by atoms with Crippen molar-refractivity contribution in [2.75, 3.05) is 7.11 Å². The number of hydrogen-bond donors (Lipinski definition) is 0. The minimum atomic E-state index is 0.266. The van der Waals surface area contributed by atoms with Gasteiger partial charge in [-0.2, -0.15) is 9.78 Å². The molecule has 22 heavy (non-hydrogen) atoms. The summed E-state index contributed by atoms with van der Waals surface area (Å²) in [6.07, 6.45) is 0. The molecule has 0 saturated carbocycles. The molecule has 2 aromatic heterocycles. The van der Waals surface area contributed by atoms with E-state index in [9.17, 15) is 5.26 Å². The van der Waals surface area contributed by atoms with Gasteiger partial charge in [-0.1, -0.05) is 41.9 Å². The van der Waals surface area contributed by atoms with E-state index < -0.39 is 0 Å². The van der Waals surface area contributed by atoms with Crippen LogP contribution in [-0.4, -0.2) is 21.7 Å². The second-order valence-electron chi connectivity index (χ2n) is 4.84. The number of rotatable bonds is 3. The lowest BCUT2D eigenvalue weighted by atomic mass is 9.99. The fraction of sp³-hybridized carbons (Fsp3) is 0.188. The molecule has 0 atom stereocenters. The third-order valence-corrected chi connectivity index (χ3v) is 3.81. The van der Waals surface area contributed by atoms with Crippen molar-refractivity contribution in [3.63, 3.8) is 0 Å². The van der Waals surface area contributed by atoms with Gasteiger partial charge in [-0.25, -0.2) is 4.98 Å². The summed E-state index contributed by atoms with van der Waals surface area (Å²) in [4.78, 5) is 4.35. The van der Waals surface area contributed by atoms with E-state index in [0.29, 0.717) is 22.2 Å². The van der Waals surface area contributed by atoms with Gasteiger partial charge in [-0.05, 0) is 18.1 Å². The van der Waals surface area contributed by atoms with E-state index in [-0.39, 0.29) is 6.61 Å². The van der Waals surface area contributed by atoms with E-state index in [1.807, 2.05) is 37.3 Å². The van der Waals surface area contributed by atoms with Gasteiger partial charge < -0.3 is 4.74 Å². The van der Waals surface area contributed by atoms with Crippen LogP contribution in [0.1, 0.15) is 17.0 Å². The highest BCUT2D eigenvalue weighted by Crippen LogP contribution is 2.34. The van der Waals surface area contributed by atoms with E-state index in [0.717, 1.165) is 16.7 Å². The third kappa shape index (κ3) is 2.23. The van der Waals surface area contributed by atoms with E-state index >= 15 is 0 Å². The van der Waals surface area contributed by atoms with Gasteiger partial charge in [-0.15, -0.1) is 5.10 Å². The average Bonchev–Trinajstić information content (AvgIpc) is 2.93. The molecule has 0 aliphatic carbocycles. The monoisotopic (exact) mass is 312 g/mol. The Kier molecular flexibility index (Phi) is 3.80. The number of aromatic nitrogens is 3. The lowest BCUT2D eigenvalue weighted by Crippen LogP contribution is -2.00. The van der Waals surface area contributed by atoms with Crippen LogP contribution in [0.3, 0.4) is 0 Å². The first-order valence-corrected chi connectivity index (χ1v) is 7.07. The Labute approximate surface area is 132 Å². The van der Waals surface area contributed by atoms with Gasteiger partial charge in [0.15, 0.2) is 11.5 Å². The van der Waals surface area contributed by atoms with Gasteiger partial charge >= 0.3 is 0 Å². The molecule has 0 unspecified atom stereocenters. The SMILES string of the molecule is COCc1nc2c(C#N)c(C)c(-c3ccccc3)c(Cl)n2n1. The van der Waals surface area contributed by atoms with Crippen molar-refractivity contribution >= 4 is 17.2 Å². The number of pyridine rings is 1. The Morgan fingerprint density at radius 1 is 1.32 bits per heavy atom. The number of nitrogens with zero attached hydrogens (tertiary/aromatic N) is 4. The molecule has 110 valence electrons. The zero-order valence-electron chi connectivity index (χ0n) is 12.2. The van der Waals surface area contributed by atoms with Gasteiger partial charge in [-0.3, -0.25) is 0 Å². The molecule has 0 aliphatic rings. The average molecular weight is 313 g/mol. The Morgan fingerprint density at radius 2 is 2.05 bits per heavy atom. The highest BCUT2D eigenvalue weighted by Gasteiger charge is 2.20. The smallest absolute Gasteiger partial charge is 0.177 e. The van der Waals surface area contributed by atoms with Crippen LogP contribution in [0.5, 0.6) is 0 Å². The minimum Gasteiger partial charge on any atom is -0.377 e. The number of ether oxygens (including phenoxy) is 1. The van der Waals surface area contributed by atoms with E-state index in [4.69, 9.17) is 16.3 Å². The normalized spacial score (nSPS) is 10.8. The highest BCUT2D eigenvalue weighted by molar-refractivity contribution is 6.32. The van der Waals surface area contributed by atoms with Crippen LogP contribution >= 0.6 is 11.6 Å². The molecule has 5 nitrogen and oxygen atoms in total. The lowest BCUT2D eigenvalue weighted by Gasteiger charge is -2.11. The first kappa shape index (κ1) is 14.5. The summed E-state index contributed by atoms with van der Waals surface area (Å²) in [6, 6.07) is 11.9. The molecule has 0 saturated heterocycles. The molecular weight excluding hydrogens is 300 g/mol. The summed E-state index contributed by atoms with van der Waals surface area (Å²) in [6.45, 7) is 2.14. The number of hydrogen-bond acceptors (Lipinski definition) is 4. The molecule has 6 heteroatoms.